The van der Waals surface area contributed by atoms with Crippen LogP contribution in [-0.2, 0) is 19.2 Å². The maximum atomic E-state index is 14.5. The van der Waals surface area contributed by atoms with Gasteiger partial charge in [0.25, 0.3) is 0 Å². The highest BCUT2D eigenvalue weighted by atomic mass is 79.9. The number of methoxy groups -OCH3 is 1. The van der Waals surface area contributed by atoms with E-state index in [2.05, 4.69) is 15.9 Å². The first-order valence-corrected chi connectivity index (χ1v) is 15.7. The molecule has 1 saturated carbocycles. The molecule has 3 aromatic carbocycles. The fourth-order valence-corrected chi connectivity index (χ4v) is 8.41. The maximum absolute atomic E-state index is 14.5. The predicted octanol–water partition coefficient (Wildman–Crippen LogP) is 6.39. The second kappa shape index (κ2) is 10.5. The number of benzene rings is 3. The van der Waals surface area contributed by atoms with E-state index in [9.17, 15) is 28.7 Å². The number of nitrogens with zero attached hydrogens (tertiary/aromatic N) is 2. The summed E-state index contributed by atoms with van der Waals surface area (Å²) in [5.41, 5.74) is 0.346. The minimum Gasteiger partial charge on any atom is -0.508 e. The molecule has 4 amide bonds. The van der Waals surface area contributed by atoms with Gasteiger partial charge in [-0.1, -0.05) is 45.2 Å². The zero-order valence-electron chi connectivity index (χ0n) is 24.2. The molecule has 45 heavy (non-hydrogen) atoms. The lowest BCUT2D eigenvalue weighted by Crippen LogP contribution is -2.48. The summed E-state index contributed by atoms with van der Waals surface area (Å²) >= 11 is 9.45. The van der Waals surface area contributed by atoms with Crippen molar-refractivity contribution in [3.05, 3.63) is 93.2 Å². The first-order chi connectivity index (χ1) is 21.5. The number of anilines is 2. The average Bonchev–Trinajstić information content (AvgIpc) is 3.39. The molecule has 2 aliphatic heterocycles. The summed E-state index contributed by atoms with van der Waals surface area (Å²) in [4.78, 5) is 58.8. The first-order valence-electron chi connectivity index (χ1n) is 14.5. The van der Waals surface area contributed by atoms with Gasteiger partial charge in [-0.25, -0.2) is 9.29 Å². The minimum atomic E-state index is -1.38. The van der Waals surface area contributed by atoms with E-state index in [0.717, 1.165) is 21.0 Å². The highest BCUT2D eigenvalue weighted by Gasteiger charge is 2.68. The summed E-state index contributed by atoms with van der Waals surface area (Å²) in [6.45, 7) is 1.70. The van der Waals surface area contributed by atoms with E-state index in [-0.39, 0.29) is 41.1 Å². The molecule has 2 heterocycles. The molecule has 3 fully saturated rings. The van der Waals surface area contributed by atoms with Crippen molar-refractivity contribution in [2.45, 2.75) is 25.7 Å². The molecule has 6 atom stereocenters. The number of rotatable bonds is 4. The number of phenols is 1. The van der Waals surface area contributed by atoms with E-state index >= 15 is 0 Å². The molecule has 2 saturated heterocycles. The predicted molar refractivity (Wildman–Crippen MR) is 167 cm³/mol. The van der Waals surface area contributed by atoms with Crippen LogP contribution in [0.5, 0.6) is 11.5 Å². The van der Waals surface area contributed by atoms with Gasteiger partial charge in [-0.05, 0) is 74.2 Å². The Morgan fingerprint density at radius 1 is 0.933 bits per heavy atom. The summed E-state index contributed by atoms with van der Waals surface area (Å²) in [6.07, 6.45) is 2.31. The van der Waals surface area contributed by atoms with Gasteiger partial charge < -0.3 is 9.84 Å². The van der Waals surface area contributed by atoms with Crippen LogP contribution in [-0.4, -0.2) is 35.8 Å². The Bertz CT molecular complexity index is 1850. The highest BCUT2D eigenvalue weighted by molar-refractivity contribution is 9.10. The van der Waals surface area contributed by atoms with E-state index in [4.69, 9.17) is 16.3 Å². The lowest BCUT2D eigenvalue weighted by molar-refractivity contribution is -0.131. The van der Waals surface area contributed by atoms with Crippen LogP contribution in [0.3, 0.4) is 0 Å². The Morgan fingerprint density at radius 3 is 2.31 bits per heavy atom. The van der Waals surface area contributed by atoms with Gasteiger partial charge in [-0.3, -0.25) is 24.1 Å². The fourth-order valence-electron chi connectivity index (χ4n) is 7.97. The molecular formula is C34H27BrClFN2O6. The molecule has 4 aliphatic rings. The van der Waals surface area contributed by atoms with Crippen molar-refractivity contribution in [2.24, 2.45) is 29.1 Å². The molecule has 0 radical (unpaired) electrons. The Labute approximate surface area is 271 Å². The van der Waals surface area contributed by atoms with Gasteiger partial charge >= 0.3 is 0 Å². The van der Waals surface area contributed by atoms with Gasteiger partial charge in [0.2, 0.25) is 23.6 Å². The SMILES string of the molecule is COc1ccc(C2C3=CCC4C(=O)N(c5ccc(Br)cc5)C(=O)C4C3CC3C(=O)N(c4ccc(F)c(Cl)c4)C(=O)C32C)c(O)c1. The molecule has 0 bridgehead atoms. The average molecular weight is 694 g/mol. The van der Waals surface area contributed by atoms with E-state index < -0.39 is 52.6 Å². The van der Waals surface area contributed by atoms with Gasteiger partial charge in [-0.15, -0.1) is 0 Å². The number of phenolic OH excluding ortho intramolecular Hbond substituents is 1. The molecule has 7 rings (SSSR count). The first kappa shape index (κ1) is 29.7. The third-order valence-electron chi connectivity index (χ3n) is 10.1. The number of fused-ring (bicyclic) bond motifs is 4. The molecule has 230 valence electrons. The van der Waals surface area contributed by atoms with E-state index in [1.54, 1.807) is 43.3 Å². The van der Waals surface area contributed by atoms with Gasteiger partial charge in [0.1, 0.15) is 17.3 Å². The summed E-state index contributed by atoms with van der Waals surface area (Å²) in [6, 6.07) is 15.4. The summed E-state index contributed by atoms with van der Waals surface area (Å²) in [7, 11) is 1.47. The van der Waals surface area contributed by atoms with Crippen molar-refractivity contribution in [2.75, 3.05) is 16.9 Å². The number of aromatic hydroxyl groups is 1. The Morgan fingerprint density at radius 2 is 1.64 bits per heavy atom. The second-order valence-corrected chi connectivity index (χ2v) is 13.5. The Hall–Kier alpha value is -4.02. The summed E-state index contributed by atoms with van der Waals surface area (Å²) < 4.78 is 20.2. The lowest BCUT2D eigenvalue weighted by Gasteiger charge is -2.49. The fraction of sp³-hybridized carbons (Fsp3) is 0.294. The van der Waals surface area contributed by atoms with Crippen molar-refractivity contribution in [3.63, 3.8) is 0 Å². The number of hydrogen-bond acceptors (Lipinski definition) is 6. The summed E-state index contributed by atoms with van der Waals surface area (Å²) in [5, 5.41) is 11.1. The van der Waals surface area contributed by atoms with Crippen molar-refractivity contribution in [3.8, 4) is 11.5 Å². The monoisotopic (exact) mass is 692 g/mol. The minimum absolute atomic E-state index is 0.128. The van der Waals surface area contributed by atoms with Gasteiger partial charge in [0.15, 0.2) is 0 Å². The normalized spacial score (nSPS) is 29.0. The smallest absolute Gasteiger partial charge is 0.241 e. The van der Waals surface area contributed by atoms with Crippen molar-refractivity contribution in [1.29, 1.82) is 0 Å². The van der Waals surface area contributed by atoms with Crippen LogP contribution in [0.15, 0.2) is 76.8 Å². The number of carbonyl (C=O) groups is 4. The van der Waals surface area contributed by atoms with Crippen LogP contribution >= 0.6 is 27.5 Å². The molecule has 11 heteroatoms. The van der Waals surface area contributed by atoms with Crippen LogP contribution in [0.4, 0.5) is 15.8 Å². The number of imide groups is 2. The van der Waals surface area contributed by atoms with Crippen molar-refractivity contribution >= 4 is 62.5 Å². The van der Waals surface area contributed by atoms with Crippen LogP contribution in [0.25, 0.3) is 0 Å². The molecule has 2 aliphatic carbocycles. The number of carbonyl (C=O) groups excluding carboxylic acids is 4. The van der Waals surface area contributed by atoms with E-state index in [0.29, 0.717) is 17.0 Å². The highest BCUT2D eigenvalue weighted by Crippen LogP contribution is 2.64. The van der Waals surface area contributed by atoms with Crippen molar-refractivity contribution in [1.82, 2.24) is 0 Å². The molecule has 1 N–H and O–H groups in total. The number of allylic oxidation sites excluding steroid dienone is 2. The third kappa shape index (κ3) is 4.21. The number of hydrogen-bond donors (Lipinski definition) is 1. The lowest BCUT2D eigenvalue weighted by atomic mass is 9.51. The van der Waals surface area contributed by atoms with Crippen molar-refractivity contribution < 1.29 is 33.4 Å². The molecular weight excluding hydrogens is 667 g/mol. The zero-order chi connectivity index (χ0) is 31.9. The van der Waals surface area contributed by atoms with Gasteiger partial charge in [0, 0.05) is 22.0 Å². The molecule has 6 unspecified atom stereocenters. The number of amides is 4. The standard InChI is InChI=1S/C34H27BrClFN2O6/c1-34-24(31(42)39(33(34)44)18-7-12-26(37)25(36)13-18)15-23-20(29(34)21-9-8-19(45-2)14-27(21)40)10-11-22-28(23)32(43)38(30(22)41)17-5-3-16(35)4-6-17/h3-10,12-14,22-24,28-29,40H,11,15H2,1-2H3. The van der Waals surface area contributed by atoms with Crippen LogP contribution in [0.2, 0.25) is 5.02 Å². The van der Waals surface area contributed by atoms with Crippen LogP contribution in [0.1, 0.15) is 31.2 Å². The number of ether oxygens (including phenoxy) is 1. The Kier molecular flexibility index (Phi) is 6.94. The largest absolute Gasteiger partial charge is 0.508 e. The van der Waals surface area contributed by atoms with E-state index in [1.807, 2.05) is 6.08 Å². The Balaban J connectivity index is 1.37. The van der Waals surface area contributed by atoms with Gasteiger partial charge in [0.05, 0.1) is 46.7 Å². The molecule has 0 aromatic heterocycles. The quantitative estimate of drug-likeness (QED) is 0.251. The molecule has 8 nitrogen and oxygen atoms in total. The maximum Gasteiger partial charge on any atom is 0.241 e. The third-order valence-corrected chi connectivity index (χ3v) is 10.9. The molecule has 0 spiro atoms. The van der Waals surface area contributed by atoms with Crippen LogP contribution < -0.4 is 14.5 Å². The number of halogens is 3. The van der Waals surface area contributed by atoms with E-state index in [1.165, 1.54) is 30.2 Å². The molecule has 3 aromatic rings. The second-order valence-electron chi connectivity index (χ2n) is 12.2. The zero-order valence-corrected chi connectivity index (χ0v) is 26.5. The summed E-state index contributed by atoms with van der Waals surface area (Å²) in [5.74, 6) is -5.78. The topological polar surface area (TPSA) is 104 Å². The van der Waals surface area contributed by atoms with Crippen LogP contribution in [0, 0.1) is 34.9 Å². The van der Waals surface area contributed by atoms with Gasteiger partial charge in [-0.2, -0.15) is 0 Å².